The third kappa shape index (κ3) is 4.03. The molecule has 1 amide bonds. The van der Waals surface area contributed by atoms with Crippen molar-refractivity contribution in [1.29, 1.82) is 0 Å². The molecule has 1 aliphatic heterocycles. The minimum atomic E-state index is -0.269. The van der Waals surface area contributed by atoms with Gasteiger partial charge in [-0.2, -0.15) is 0 Å². The van der Waals surface area contributed by atoms with Crippen molar-refractivity contribution in [2.75, 3.05) is 26.8 Å². The van der Waals surface area contributed by atoms with Gasteiger partial charge in [0.1, 0.15) is 5.82 Å². The molecule has 19 heavy (non-hydrogen) atoms. The monoisotopic (exact) mass is 265 g/mol. The van der Waals surface area contributed by atoms with E-state index in [0.29, 0.717) is 18.9 Å². The van der Waals surface area contributed by atoms with Gasteiger partial charge in [0.25, 0.3) is 0 Å². The molecular formula is C15H20FNO2. The number of benzene rings is 1. The average molecular weight is 265 g/mol. The van der Waals surface area contributed by atoms with Crippen LogP contribution in [-0.2, 0) is 16.0 Å². The second-order valence-electron chi connectivity index (χ2n) is 5.11. The third-order valence-electron chi connectivity index (χ3n) is 3.54. The normalized spacial score (nSPS) is 19.5. The standard InChI is InChI=1S/C15H20FNO2/c1-19-11-13-3-2-8-17(10-13)15(18)9-12-4-6-14(16)7-5-12/h4-7,13H,2-3,8-11H2,1H3. The summed E-state index contributed by atoms with van der Waals surface area (Å²) >= 11 is 0. The molecule has 1 heterocycles. The molecule has 1 aliphatic rings. The van der Waals surface area contributed by atoms with Crippen molar-refractivity contribution in [3.8, 4) is 0 Å². The largest absolute Gasteiger partial charge is 0.384 e. The van der Waals surface area contributed by atoms with Crippen LogP contribution in [0, 0.1) is 11.7 Å². The van der Waals surface area contributed by atoms with E-state index >= 15 is 0 Å². The molecule has 1 saturated heterocycles. The van der Waals surface area contributed by atoms with Gasteiger partial charge in [0.05, 0.1) is 13.0 Å². The van der Waals surface area contributed by atoms with E-state index in [2.05, 4.69) is 0 Å². The summed E-state index contributed by atoms with van der Waals surface area (Å²) in [6, 6.07) is 6.13. The van der Waals surface area contributed by atoms with E-state index < -0.39 is 0 Å². The molecule has 0 radical (unpaired) electrons. The van der Waals surface area contributed by atoms with Crippen LogP contribution in [0.1, 0.15) is 18.4 Å². The molecule has 1 aromatic carbocycles. The summed E-state index contributed by atoms with van der Waals surface area (Å²) in [5.74, 6) is 0.289. The Morgan fingerprint density at radius 2 is 2.16 bits per heavy atom. The van der Waals surface area contributed by atoms with Crippen molar-refractivity contribution >= 4 is 5.91 Å². The van der Waals surface area contributed by atoms with Crippen LogP contribution in [0.25, 0.3) is 0 Å². The van der Waals surface area contributed by atoms with Gasteiger partial charge in [0.15, 0.2) is 0 Å². The SMILES string of the molecule is COCC1CCCN(C(=O)Cc2ccc(F)cc2)C1. The van der Waals surface area contributed by atoms with Crippen molar-refractivity contribution < 1.29 is 13.9 Å². The fourth-order valence-electron chi connectivity index (χ4n) is 2.55. The average Bonchev–Trinajstić information content (AvgIpc) is 2.42. The minimum Gasteiger partial charge on any atom is -0.384 e. The van der Waals surface area contributed by atoms with E-state index in [0.717, 1.165) is 31.5 Å². The van der Waals surface area contributed by atoms with E-state index in [1.807, 2.05) is 4.90 Å². The van der Waals surface area contributed by atoms with E-state index in [-0.39, 0.29) is 11.7 Å². The highest BCUT2D eigenvalue weighted by molar-refractivity contribution is 5.78. The van der Waals surface area contributed by atoms with Crippen molar-refractivity contribution in [2.45, 2.75) is 19.3 Å². The second-order valence-corrected chi connectivity index (χ2v) is 5.11. The Balaban J connectivity index is 1.90. The molecule has 0 spiro atoms. The smallest absolute Gasteiger partial charge is 0.226 e. The molecule has 4 heteroatoms. The van der Waals surface area contributed by atoms with Gasteiger partial charge >= 0.3 is 0 Å². The van der Waals surface area contributed by atoms with E-state index in [1.165, 1.54) is 12.1 Å². The summed E-state index contributed by atoms with van der Waals surface area (Å²) in [7, 11) is 1.69. The maximum absolute atomic E-state index is 12.8. The van der Waals surface area contributed by atoms with Gasteiger partial charge in [-0.15, -0.1) is 0 Å². The number of piperidine rings is 1. The number of hydrogen-bond acceptors (Lipinski definition) is 2. The van der Waals surface area contributed by atoms with Gasteiger partial charge in [0, 0.05) is 20.2 Å². The number of halogens is 1. The number of carbonyl (C=O) groups excluding carboxylic acids is 1. The van der Waals surface area contributed by atoms with E-state index in [4.69, 9.17) is 4.74 Å². The number of hydrogen-bond donors (Lipinski definition) is 0. The molecule has 104 valence electrons. The van der Waals surface area contributed by atoms with E-state index in [9.17, 15) is 9.18 Å². The summed E-state index contributed by atoms with van der Waals surface area (Å²) in [5.41, 5.74) is 0.861. The minimum absolute atomic E-state index is 0.118. The molecule has 0 saturated carbocycles. The lowest BCUT2D eigenvalue weighted by Gasteiger charge is -2.32. The van der Waals surface area contributed by atoms with Crippen molar-refractivity contribution in [2.24, 2.45) is 5.92 Å². The summed E-state index contributed by atoms with van der Waals surface area (Å²) < 4.78 is 18.0. The summed E-state index contributed by atoms with van der Waals surface area (Å²) in [5, 5.41) is 0. The quantitative estimate of drug-likeness (QED) is 0.835. The second kappa shape index (κ2) is 6.66. The number of ether oxygens (including phenoxy) is 1. The summed E-state index contributed by atoms with van der Waals surface area (Å²) in [4.78, 5) is 14.1. The lowest BCUT2D eigenvalue weighted by atomic mass is 9.98. The molecule has 0 aromatic heterocycles. The molecule has 0 aliphatic carbocycles. The van der Waals surface area contributed by atoms with Crippen molar-refractivity contribution in [1.82, 2.24) is 4.90 Å². The Morgan fingerprint density at radius 1 is 1.42 bits per heavy atom. The fourth-order valence-corrected chi connectivity index (χ4v) is 2.55. The molecule has 0 bridgehead atoms. The van der Waals surface area contributed by atoms with Gasteiger partial charge < -0.3 is 9.64 Å². The van der Waals surface area contributed by atoms with Crippen LogP contribution < -0.4 is 0 Å². The third-order valence-corrected chi connectivity index (χ3v) is 3.54. The van der Waals surface area contributed by atoms with Crippen LogP contribution >= 0.6 is 0 Å². The first-order valence-corrected chi connectivity index (χ1v) is 6.70. The highest BCUT2D eigenvalue weighted by Gasteiger charge is 2.23. The zero-order valence-electron chi connectivity index (χ0n) is 11.3. The van der Waals surface area contributed by atoms with Crippen LogP contribution in [0.3, 0.4) is 0 Å². The lowest BCUT2D eigenvalue weighted by Crippen LogP contribution is -2.41. The molecule has 3 nitrogen and oxygen atoms in total. The molecular weight excluding hydrogens is 245 g/mol. The number of rotatable bonds is 4. The lowest BCUT2D eigenvalue weighted by molar-refractivity contribution is -0.132. The van der Waals surface area contributed by atoms with Crippen LogP contribution in [0.2, 0.25) is 0 Å². The zero-order valence-corrected chi connectivity index (χ0v) is 11.3. The van der Waals surface area contributed by atoms with Crippen LogP contribution in [0.15, 0.2) is 24.3 Å². The van der Waals surface area contributed by atoms with Gasteiger partial charge in [-0.3, -0.25) is 4.79 Å². The number of amides is 1. The molecule has 1 atom stereocenters. The molecule has 1 aromatic rings. The number of nitrogens with zero attached hydrogens (tertiary/aromatic N) is 1. The molecule has 1 unspecified atom stereocenters. The topological polar surface area (TPSA) is 29.5 Å². The maximum Gasteiger partial charge on any atom is 0.226 e. The van der Waals surface area contributed by atoms with E-state index in [1.54, 1.807) is 19.2 Å². The number of carbonyl (C=O) groups is 1. The molecule has 0 N–H and O–H groups in total. The van der Waals surface area contributed by atoms with Crippen molar-refractivity contribution in [3.05, 3.63) is 35.6 Å². The Kier molecular flexibility index (Phi) is 4.91. The van der Waals surface area contributed by atoms with Gasteiger partial charge in [-0.25, -0.2) is 4.39 Å². The predicted molar refractivity (Wildman–Crippen MR) is 71.3 cm³/mol. The van der Waals surface area contributed by atoms with Crippen LogP contribution in [-0.4, -0.2) is 37.6 Å². The first-order valence-electron chi connectivity index (χ1n) is 6.70. The van der Waals surface area contributed by atoms with Gasteiger partial charge in [-0.1, -0.05) is 12.1 Å². The van der Waals surface area contributed by atoms with Gasteiger partial charge in [-0.05, 0) is 36.5 Å². The van der Waals surface area contributed by atoms with Crippen LogP contribution in [0.4, 0.5) is 4.39 Å². The maximum atomic E-state index is 12.8. The zero-order chi connectivity index (χ0) is 13.7. The highest BCUT2D eigenvalue weighted by Crippen LogP contribution is 2.17. The Bertz CT molecular complexity index is 417. The number of methoxy groups -OCH3 is 1. The first-order chi connectivity index (χ1) is 9.19. The van der Waals surface area contributed by atoms with Gasteiger partial charge in [0.2, 0.25) is 5.91 Å². The molecule has 2 rings (SSSR count). The Hall–Kier alpha value is -1.42. The van der Waals surface area contributed by atoms with Crippen molar-refractivity contribution in [3.63, 3.8) is 0 Å². The highest BCUT2D eigenvalue weighted by atomic mass is 19.1. The summed E-state index contributed by atoms with van der Waals surface area (Å²) in [6.45, 7) is 2.30. The fraction of sp³-hybridized carbons (Fsp3) is 0.533. The predicted octanol–water partition coefficient (Wildman–Crippen LogP) is 2.25. The Morgan fingerprint density at radius 3 is 2.84 bits per heavy atom. The van der Waals surface area contributed by atoms with Crippen LogP contribution in [0.5, 0.6) is 0 Å². The summed E-state index contributed by atoms with van der Waals surface area (Å²) in [6.07, 6.45) is 2.50. The number of likely N-dealkylation sites (tertiary alicyclic amines) is 1. The first kappa shape index (κ1) is 14.0. The molecule has 1 fully saturated rings. The Labute approximate surface area is 113 Å².